The number of aromatic nitrogens is 3. The summed E-state index contributed by atoms with van der Waals surface area (Å²) in [6, 6.07) is 6.07. The van der Waals surface area contributed by atoms with Gasteiger partial charge in [-0.05, 0) is 30.2 Å². The average molecular weight is 326 g/mol. The Morgan fingerprint density at radius 3 is 2.79 bits per heavy atom. The van der Waals surface area contributed by atoms with Crippen LogP contribution in [-0.2, 0) is 6.54 Å². The molecule has 0 unspecified atom stereocenters. The van der Waals surface area contributed by atoms with Gasteiger partial charge in [-0.3, -0.25) is 14.0 Å². The molecule has 3 aromatic rings. The highest BCUT2D eigenvalue weighted by atomic mass is 19.1. The highest BCUT2D eigenvalue weighted by Crippen LogP contribution is 2.11. The van der Waals surface area contributed by atoms with E-state index in [1.165, 1.54) is 36.0 Å². The molecule has 0 aliphatic carbocycles. The van der Waals surface area contributed by atoms with E-state index in [9.17, 15) is 14.0 Å². The maximum absolute atomic E-state index is 13.3. The number of halogens is 1. The standard InChI is InChI=1S/C17H15FN4O2/c1-10-5-12(3-4-13(10)18)7-20-17(24)14-6-15(11(2)23)22-9-19-8-16(22)21-14/h3-6,8-9H,7H2,1-2H3,(H,20,24). The van der Waals surface area contributed by atoms with Crippen LogP contribution in [0.15, 0.2) is 36.8 Å². The molecule has 1 N–H and O–H groups in total. The summed E-state index contributed by atoms with van der Waals surface area (Å²) >= 11 is 0. The Bertz CT molecular complexity index is 949. The average Bonchev–Trinajstić information content (AvgIpc) is 3.03. The molecule has 0 fully saturated rings. The van der Waals surface area contributed by atoms with Crippen LogP contribution in [-0.4, -0.2) is 26.1 Å². The molecule has 0 saturated heterocycles. The Labute approximate surface area is 137 Å². The summed E-state index contributed by atoms with van der Waals surface area (Å²) in [5.74, 6) is -0.893. The fourth-order valence-electron chi connectivity index (χ4n) is 2.39. The number of Topliss-reactive ketones (excluding diaryl/α,β-unsaturated/α-hetero) is 1. The molecule has 1 aromatic carbocycles. The molecular weight excluding hydrogens is 311 g/mol. The molecule has 2 aromatic heterocycles. The molecule has 3 rings (SSSR count). The number of hydrogen-bond acceptors (Lipinski definition) is 4. The minimum absolute atomic E-state index is 0.132. The highest BCUT2D eigenvalue weighted by Gasteiger charge is 2.14. The number of fused-ring (bicyclic) bond motifs is 1. The van der Waals surface area contributed by atoms with Gasteiger partial charge in [0.25, 0.3) is 5.91 Å². The first-order valence-corrected chi connectivity index (χ1v) is 7.33. The van der Waals surface area contributed by atoms with Crippen LogP contribution in [0.2, 0.25) is 0 Å². The lowest BCUT2D eigenvalue weighted by Crippen LogP contribution is -2.24. The van der Waals surface area contributed by atoms with Crippen LogP contribution < -0.4 is 5.32 Å². The van der Waals surface area contributed by atoms with Crippen molar-refractivity contribution in [1.29, 1.82) is 0 Å². The third kappa shape index (κ3) is 3.01. The molecule has 122 valence electrons. The number of nitrogens with one attached hydrogen (secondary N) is 1. The van der Waals surface area contributed by atoms with Crippen LogP contribution >= 0.6 is 0 Å². The second kappa shape index (κ2) is 6.19. The van der Waals surface area contributed by atoms with Gasteiger partial charge in [0.2, 0.25) is 0 Å². The van der Waals surface area contributed by atoms with Gasteiger partial charge in [-0.25, -0.2) is 14.4 Å². The second-order valence-electron chi connectivity index (χ2n) is 5.47. The van der Waals surface area contributed by atoms with E-state index >= 15 is 0 Å². The monoisotopic (exact) mass is 326 g/mol. The number of rotatable bonds is 4. The van der Waals surface area contributed by atoms with Gasteiger partial charge in [0, 0.05) is 13.5 Å². The first kappa shape index (κ1) is 15.8. The molecule has 7 heteroatoms. The minimum atomic E-state index is -0.414. The number of benzene rings is 1. The van der Waals surface area contributed by atoms with Crippen LogP contribution in [0.1, 0.15) is 39.0 Å². The van der Waals surface area contributed by atoms with Gasteiger partial charge in [-0.2, -0.15) is 0 Å². The van der Waals surface area contributed by atoms with Gasteiger partial charge in [0.1, 0.15) is 17.8 Å². The number of imidazole rings is 1. The largest absolute Gasteiger partial charge is 0.347 e. The Balaban J connectivity index is 1.83. The van der Waals surface area contributed by atoms with Gasteiger partial charge in [-0.1, -0.05) is 12.1 Å². The number of carbonyl (C=O) groups is 2. The van der Waals surface area contributed by atoms with Crippen molar-refractivity contribution in [1.82, 2.24) is 19.7 Å². The van der Waals surface area contributed by atoms with Crippen molar-refractivity contribution in [2.24, 2.45) is 0 Å². The van der Waals surface area contributed by atoms with E-state index in [1.807, 2.05) is 0 Å². The summed E-state index contributed by atoms with van der Waals surface area (Å²) < 4.78 is 14.8. The molecule has 6 nitrogen and oxygen atoms in total. The van der Waals surface area contributed by atoms with E-state index in [1.54, 1.807) is 19.1 Å². The van der Waals surface area contributed by atoms with Crippen LogP contribution in [0.3, 0.4) is 0 Å². The van der Waals surface area contributed by atoms with Crippen molar-refractivity contribution in [2.45, 2.75) is 20.4 Å². The van der Waals surface area contributed by atoms with Crippen molar-refractivity contribution in [3.63, 3.8) is 0 Å². The number of hydrogen-bond donors (Lipinski definition) is 1. The fraction of sp³-hybridized carbons (Fsp3) is 0.176. The maximum atomic E-state index is 13.3. The highest BCUT2D eigenvalue weighted by molar-refractivity contribution is 5.98. The van der Waals surface area contributed by atoms with Gasteiger partial charge in [-0.15, -0.1) is 0 Å². The summed E-state index contributed by atoms with van der Waals surface area (Å²) in [5.41, 5.74) is 2.18. The van der Waals surface area contributed by atoms with Gasteiger partial charge >= 0.3 is 0 Å². The summed E-state index contributed by atoms with van der Waals surface area (Å²) in [7, 11) is 0. The Kier molecular flexibility index (Phi) is 4.07. The minimum Gasteiger partial charge on any atom is -0.347 e. The van der Waals surface area contributed by atoms with Crippen LogP contribution in [0, 0.1) is 12.7 Å². The summed E-state index contributed by atoms with van der Waals surface area (Å²) in [4.78, 5) is 32.2. The van der Waals surface area contributed by atoms with Gasteiger partial charge in [0.15, 0.2) is 11.4 Å². The SMILES string of the molecule is CC(=O)c1cc(C(=O)NCc2ccc(F)c(C)c2)nc2cncn12. The lowest BCUT2D eigenvalue weighted by atomic mass is 10.1. The Morgan fingerprint density at radius 2 is 2.08 bits per heavy atom. The number of nitrogens with zero attached hydrogens (tertiary/aromatic N) is 3. The quantitative estimate of drug-likeness (QED) is 0.747. The van der Waals surface area contributed by atoms with Crippen molar-refractivity contribution in [3.05, 3.63) is 65.1 Å². The first-order chi connectivity index (χ1) is 11.5. The first-order valence-electron chi connectivity index (χ1n) is 7.33. The number of ketones is 1. The Morgan fingerprint density at radius 1 is 1.29 bits per heavy atom. The molecule has 0 saturated carbocycles. The van der Waals surface area contributed by atoms with E-state index < -0.39 is 5.91 Å². The number of carbonyl (C=O) groups excluding carboxylic acids is 2. The van der Waals surface area contributed by atoms with Crippen LogP contribution in [0.4, 0.5) is 4.39 Å². The Hall–Kier alpha value is -3.09. The zero-order valence-electron chi connectivity index (χ0n) is 13.2. The molecule has 0 bridgehead atoms. The second-order valence-corrected chi connectivity index (χ2v) is 5.47. The third-order valence-electron chi connectivity index (χ3n) is 3.66. The lowest BCUT2D eigenvalue weighted by Gasteiger charge is -2.08. The van der Waals surface area contributed by atoms with Crippen molar-refractivity contribution in [2.75, 3.05) is 0 Å². The predicted molar refractivity (Wildman–Crippen MR) is 85.3 cm³/mol. The zero-order valence-corrected chi connectivity index (χ0v) is 13.2. The molecule has 24 heavy (non-hydrogen) atoms. The molecular formula is C17H15FN4O2. The summed E-state index contributed by atoms with van der Waals surface area (Å²) in [5, 5.41) is 2.72. The van der Waals surface area contributed by atoms with Gasteiger partial charge in [0.05, 0.1) is 11.9 Å². The third-order valence-corrected chi connectivity index (χ3v) is 3.66. The molecule has 2 heterocycles. The number of aryl methyl sites for hydroxylation is 1. The smallest absolute Gasteiger partial charge is 0.270 e. The summed E-state index contributed by atoms with van der Waals surface area (Å²) in [6.07, 6.45) is 2.95. The van der Waals surface area contributed by atoms with Crippen molar-refractivity contribution >= 4 is 17.3 Å². The van der Waals surface area contributed by atoms with E-state index in [4.69, 9.17) is 0 Å². The van der Waals surface area contributed by atoms with Crippen LogP contribution in [0.5, 0.6) is 0 Å². The van der Waals surface area contributed by atoms with E-state index in [0.29, 0.717) is 16.9 Å². The molecule has 0 radical (unpaired) electrons. The van der Waals surface area contributed by atoms with E-state index in [2.05, 4.69) is 15.3 Å². The van der Waals surface area contributed by atoms with E-state index in [0.717, 1.165) is 5.56 Å². The normalized spacial score (nSPS) is 10.8. The molecule has 0 aliphatic rings. The molecule has 0 atom stereocenters. The predicted octanol–water partition coefficient (Wildman–Crippen LogP) is 2.31. The van der Waals surface area contributed by atoms with Crippen LogP contribution in [0.25, 0.3) is 5.65 Å². The zero-order chi connectivity index (χ0) is 17.3. The van der Waals surface area contributed by atoms with Crippen molar-refractivity contribution in [3.8, 4) is 0 Å². The topological polar surface area (TPSA) is 76.4 Å². The molecule has 0 spiro atoms. The van der Waals surface area contributed by atoms with Crippen molar-refractivity contribution < 1.29 is 14.0 Å². The fourth-order valence-corrected chi connectivity index (χ4v) is 2.39. The van der Waals surface area contributed by atoms with Gasteiger partial charge < -0.3 is 5.32 Å². The maximum Gasteiger partial charge on any atom is 0.270 e. The van der Waals surface area contributed by atoms with E-state index in [-0.39, 0.29) is 23.8 Å². The molecule has 0 aliphatic heterocycles. The summed E-state index contributed by atoms with van der Waals surface area (Å²) in [6.45, 7) is 3.31. The lowest BCUT2D eigenvalue weighted by molar-refractivity contribution is 0.0946. The molecule has 1 amide bonds. The number of amides is 1.